The second kappa shape index (κ2) is 9.71. The Labute approximate surface area is 185 Å². The molecule has 2 aliphatic heterocycles. The number of benzene rings is 1. The Morgan fingerprint density at radius 1 is 1.30 bits per heavy atom. The van der Waals surface area contributed by atoms with Crippen molar-refractivity contribution in [3.05, 3.63) is 33.6 Å². The Kier molecular flexibility index (Phi) is 7.01. The Hall–Kier alpha value is -1.57. The van der Waals surface area contributed by atoms with Gasteiger partial charge in [-0.3, -0.25) is 14.2 Å². The number of aromatic nitrogens is 2. The van der Waals surface area contributed by atoms with Gasteiger partial charge in [0.25, 0.3) is 5.56 Å². The number of carbonyl (C=O) groups excluding carboxylic acids is 1. The van der Waals surface area contributed by atoms with Crippen molar-refractivity contribution in [1.29, 1.82) is 0 Å². The zero-order valence-corrected chi connectivity index (χ0v) is 18.9. The first-order valence-corrected chi connectivity index (χ1v) is 12.2. The molecule has 0 aliphatic carbocycles. The molecule has 1 amide bonds. The average molecular weight is 450 g/mol. The number of ether oxygens (including phenoxy) is 1. The zero-order valence-electron chi connectivity index (χ0n) is 17.3. The van der Waals surface area contributed by atoms with Crippen molar-refractivity contribution in [3.8, 4) is 0 Å². The Morgan fingerprint density at radius 3 is 2.93 bits per heavy atom. The molecular weight excluding hydrogens is 422 g/mol. The van der Waals surface area contributed by atoms with E-state index >= 15 is 0 Å². The van der Waals surface area contributed by atoms with Crippen LogP contribution in [0.2, 0.25) is 5.02 Å². The van der Waals surface area contributed by atoms with Gasteiger partial charge in [0.1, 0.15) is 0 Å². The number of hydrogen-bond acceptors (Lipinski definition) is 5. The third-order valence-electron chi connectivity index (χ3n) is 6.04. The second-order valence-electron chi connectivity index (χ2n) is 8.04. The molecule has 6 nitrogen and oxygen atoms in total. The van der Waals surface area contributed by atoms with Crippen molar-refractivity contribution in [2.45, 2.75) is 69.3 Å². The lowest BCUT2D eigenvalue weighted by molar-refractivity contribution is -0.132. The van der Waals surface area contributed by atoms with Crippen molar-refractivity contribution >= 4 is 40.2 Å². The number of nitrogens with zero attached hydrogens (tertiary/aromatic N) is 3. The molecule has 1 aromatic carbocycles. The van der Waals surface area contributed by atoms with Crippen LogP contribution in [-0.2, 0) is 16.1 Å². The summed E-state index contributed by atoms with van der Waals surface area (Å²) in [6, 6.07) is 5.46. The number of piperidine rings is 1. The van der Waals surface area contributed by atoms with E-state index in [0.717, 1.165) is 45.3 Å². The van der Waals surface area contributed by atoms with Crippen LogP contribution in [0.4, 0.5) is 0 Å². The van der Waals surface area contributed by atoms with E-state index in [1.54, 1.807) is 22.8 Å². The minimum absolute atomic E-state index is 0.0101. The number of amides is 1. The lowest BCUT2D eigenvalue weighted by atomic mass is 10.0. The van der Waals surface area contributed by atoms with Gasteiger partial charge < -0.3 is 9.64 Å². The van der Waals surface area contributed by atoms with Gasteiger partial charge in [-0.1, -0.05) is 30.3 Å². The fourth-order valence-corrected chi connectivity index (χ4v) is 5.46. The highest BCUT2D eigenvalue weighted by Crippen LogP contribution is 2.25. The summed E-state index contributed by atoms with van der Waals surface area (Å²) in [4.78, 5) is 32.9. The molecule has 3 heterocycles. The van der Waals surface area contributed by atoms with E-state index in [9.17, 15) is 9.59 Å². The number of rotatable bonds is 6. The SMILES string of the molecule is CCC1CCCCN1C(=O)CSc1nc2cc(Cl)ccc2c(=O)n1CC1CCCO1. The topological polar surface area (TPSA) is 64.4 Å². The molecule has 1 aromatic heterocycles. The minimum Gasteiger partial charge on any atom is -0.376 e. The summed E-state index contributed by atoms with van der Waals surface area (Å²) in [6.45, 7) is 4.14. The maximum Gasteiger partial charge on any atom is 0.262 e. The lowest BCUT2D eigenvalue weighted by Crippen LogP contribution is -2.44. The van der Waals surface area contributed by atoms with Gasteiger partial charge in [-0.2, -0.15) is 0 Å². The van der Waals surface area contributed by atoms with Crippen LogP contribution in [-0.4, -0.2) is 51.4 Å². The minimum atomic E-state index is -0.105. The van der Waals surface area contributed by atoms with Crippen molar-refractivity contribution in [3.63, 3.8) is 0 Å². The molecule has 30 heavy (non-hydrogen) atoms. The third kappa shape index (κ3) is 4.68. The summed E-state index contributed by atoms with van der Waals surface area (Å²) in [5, 5.41) is 1.64. The molecule has 0 saturated carbocycles. The zero-order chi connectivity index (χ0) is 21.1. The van der Waals surface area contributed by atoms with Crippen molar-refractivity contribution in [2.24, 2.45) is 0 Å². The molecule has 162 valence electrons. The van der Waals surface area contributed by atoms with Crippen LogP contribution < -0.4 is 5.56 Å². The number of likely N-dealkylation sites (tertiary alicyclic amines) is 1. The molecule has 2 fully saturated rings. The highest BCUT2D eigenvalue weighted by molar-refractivity contribution is 7.99. The van der Waals surface area contributed by atoms with Crippen LogP contribution in [0.5, 0.6) is 0 Å². The normalized spacial score (nSPS) is 22.0. The predicted molar refractivity (Wildman–Crippen MR) is 120 cm³/mol. The standard InChI is InChI=1S/C22H28ClN3O3S/c1-2-16-6-3-4-10-25(16)20(27)14-30-22-24-19-12-15(23)8-9-18(19)21(28)26(22)13-17-7-5-11-29-17/h8-9,12,16-17H,2-7,10-11,13-14H2,1H3. The maximum atomic E-state index is 13.2. The van der Waals surface area contributed by atoms with Crippen molar-refractivity contribution in [2.75, 3.05) is 18.9 Å². The molecule has 2 aromatic rings. The van der Waals surface area contributed by atoms with Crippen LogP contribution in [0.3, 0.4) is 0 Å². The van der Waals surface area contributed by atoms with Crippen molar-refractivity contribution in [1.82, 2.24) is 14.5 Å². The van der Waals surface area contributed by atoms with Gasteiger partial charge in [0, 0.05) is 24.2 Å². The van der Waals surface area contributed by atoms with Crippen LogP contribution in [0, 0.1) is 0 Å². The third-order valence-corrected chi connectivity index (χ3v) is 7.23. The monoisotopic (exact) mass is 449 g/mol. The van der Waals surface area contributed by atoms with Crippen molar-refractivity contribution < 1.29 is 9.53 Å². The molecule has 2 unspecified atom stereocenters. The van der Waals surface area contributed by atoms with Crippen LogP contribution in [0.15, 0.2) is 28.2 Å². The van der Waals surface area contributed by atoms with Crippen LogP contribution >= 0.6 is 23.4 Å². The van der Waals surface area contributed by atoms with Gasteiger partial charge in [-0.05, 0) is 56.7 Å². The van der Waals surface area contributed by atoms with Gasteiger partial charge in [-0.25, -0.2) is 4.98 Å². The number of carbonyl (C=O) groups is 1. The Morgan fingerprint density at radius 2 is 2.17 bits per heavy atom. The molecule has 8 heteroatoms. The Bertz CT molecular complexity index is 974. The molecule has 2 atom stereocenters. The molecular formula is C22H28ClN3O3S. The smallest absolute Gasteiger partial charge is 0.262 e. The van der Waals surface area contributed by atoms with E-state index < -0.39 is 0 Å². The van der Waals surface area contributed by atoms with E-state index in [1.807, 2.05) is 4.90 Å². The van der Waals surface area contributed by atoms with E-state index in [-0.39, 0.29) is 23.3 Å². The highest BCUT2D eigenvalue weighted by atomic mass is 35.5. The maximum absolute atomic E-state index is 13.2. The van der Waals surface area contributed by atoms with Crippen LogP contribution in [0.1, 0.15) is 45.4 Å². The first kappa shape index (κ1) is 21.7. The summed E-state index contributed by atoms with van der Waals surface area (Å²) < 4.78 is 7.43. The number of hydrogen-bond donors (Lipinski definition) is 0. The van der Waals surface area contributed by atoms with E-state index in [0.29, 0.717) is 33.7 Å². The van der Waals surface area contributed by atoms with Gasteiger partial charge in [0.05, 0.1) is 29.3 Å². The Balaban J connectivity index is 1.60. The molecule has 4 rings (SSSR count). The van der Waals surface area contributed by atoms with Gasteiger partial charge in [-0.15, -0.1) is 0 Å². The molecule has 0 radical (unpaired) electrons. The fourth-order valence-electron chi connectivity index (χ4n) is 4.40. The molecule has 2 aliphatic rings. The van der Waals surface area contributed by atoms with Gasteiger partial charge >= 0.3 is 0 Å². The van der Waals surface area contributed by atoms with E-state index in [2.05, 4.69) is 6.92 Å². The molecule has 0 spiro atoms. The van der Waals surface area contributed by atoms with E-state index in [1.165, 1.54) is 18.2 Å². The first-order valence-electron chi connectivity index (χ1n) is 10.8. The van der Waals surface area contributed by atoms with E-state index in [4.69, 9.17) is 21.3 Å². The largest absolute Gasteiger partial charge is 0.376 e. The number of halogens is 1. The summed E-state index contributed by atoms with van der Waals surface area (Å²) in [6.07, 6.45) is 6.24. The van der Waals surface area contributed by atoms with Gasteiger partial charge in [0.2, 0.25) is 5.91 Å². The fraction of sp³-hybridized carbons (Fsp3) is 0.591. The van der Waals surface area contributed by atoms with Gasteiger partial charge in [0.15, 0.2) is 5.16 Å². The summed E-state index contributed by atoms with van der Waals surface area (Å²) in [5.74, 6) is 0.399. The number of thioether (sulfide) groups is 1. The quantitative estimate of drug-likeness (QED) is 0.490. The summed E-state index contributed by atoms with van der Waals surface area (Å²) >= 11 is 7.47. The predicted octanol–water partition coefficient (Wildman–Crippen LogP) is 4.11. The molecule has 0 N–H and O–H groups in total. The summed E-state index contributed by atoms with van der Waals surface area (Å²) in [7, 11) is 0. The lowest BCUT2D eigenvalue weighted by Gasteiger charge is -2.35. The first-order chi connectivity index (χ1) is 14.6. The van der Waals surface area contributed by atoms with Crippen LogP contribution in [0.25, 0.3) is 10.9 Å². The highest BCUT2D eigenvalue weighted by Gasteiger charge is 2.26. The average Bonchev–Trinajstić information content (AvgIpc) is 3.27. The molecule has 0 bridgehead atoms. The number of fused-ring (bicyclic) bond motifs is 1. The second-order valence-corrected chi connectivity index (χ2v) is 9.42. The molecule has 2 saturated heterocycles. The summed E-state index contributed by atoms with van der Waals surface area (Å²) in [5.41, 5.74) is 0.460.